The molecule has 3 aromatic heterocycles. The van der Waals surface area contributed by atoms with E-state index in [-0.39, 0.29) is 30.5 Å². The van der Waals surface area contributed by atoms with E-state index in [0.29, 0.717) is 18.1 Å². The number of hydrogen-bond donors (Lipinski definition) is 1. The molecule has 25 heavy (non-hydrogen) atoms. The van der Waals surface area contributed by atoms with Crippen molar-refractivity contribution < 1.29 is 14.3 Å². The average Bonchev–Trinajstić information content (AvgIpc) is 3.10. The fourth-order valence-electron chi connectivity index (χ4n) is 2.35. The number of amides is 1. The summed E-state index contributed by atoms with van der Waals surface area (Å²) in [5.74, 6) is -0.277. The summed E-state index contributed by atoms with van der Waals surface area (Å²) in [6.45, 7) is 2.19. The molecular formula is C17H17N5O3. The monoisotopic (exact) mass is 339 g/mol. The van der Waals surface area contributed by atoms with Crippen molar-refractivity contribution in [1.82, 2.24) is 19.9 Å². The summed E-state index contributed by atoms with van der Waals surface area (Å²) in [4.78, 5) is 41.5. The maximum absolute atomic E-state index is 12.9. The van der Waals surface area contributed by atoms with Gasteiger partial charge in [0.1, 0.15) is 11.5 Å². The van der Waals surface area contributed by atoms with Crippen molar-refractivity contribution in [2.75, 3.05) is 18.1 Å². The first-order chi connectivity index (χ1) is 12.2. The van der Waals surface area contributed by atoms with E-state index in [1.165, 1.54) is 11.2 Å². The minimum absolute atomic E-state index is 0.0702. The van der Waals surface area contributed by atoms with Crippen LogP contribution in [-0.4, -0.2) is 45.0 Å². The molecule has 0 radical (unpaired) electrons. The molecule has 0 saturated heterocycles. The third-order valence-electron chi connectivity index (χ3n) is 3.52. The molecule has 0 fully saturated rings. The summed E-state index contributed by atoms with van der Waals surface area (Å²) in [6, 6.07) is 8.59. The van der Waals surface area contributed by atoms with Gasteiger partial charge in [-0.2, -0.15) is 0 Å². The zero-order valence-corrected chi connectivity index (χ0v) is 13.7. The predicted molar refractivity (Wildman–Crippen MR) is 91.1 cm³/mol. The molecule has 0 aliphatic rings. The molecule has 1 amide bonds. The molecule has 0 aliphatic heterocycles. The van der Waals surface area contributed by atoms with Crippen LogP contribution in [0.25, 0.3) is 11.2 Å². The first-order valence-electron chi connectivity index (χ1n) is 7.87. The molecule has 0 aromatic carbocycles. The molecule has 0 unspecified atom stereocenters. The van der Waals surface area contributed by atoms with Crippen molar-refractivity contribution in [3.63, 3.8) is 0 Å². The fourth-order valence-corrected chi connectivity index (χ4v) is 2.35. The number of aromatic nitrogens is 4. The van der Waals surface area contributed by atoms with Gasteiger partial charge < -0.3 is 9.72 Å². The number of rotatable bonds is 6. The van der Waals surface area contributed by atoms with E-state index in [1.807, 2.05) is 0 Å². The predicted octanol–water partition coefficient (Wildman–Crippen LogP) is 1.95. The van der Waals surface area contributed by atoms with Crippen LogP contribution in [0.5, 0.6) is 0 Å². The number of hydrogen-bond acceptors (Lipinski definition) is 6. The van der Waals surface area contributed by atoms with Gasteiger partial charge in [0, 0.05) is 12.7 Å². The van der Waals surface area contributed by atoms with Crippen molar-refractivity contribution in [2.45, 2.75) is 13.3 Å². The Balaban J connectivity index is 1.86. The van der Waals surface area contributed by atoms with Crippen molar-refractivity contribution in [2.24, 2.45) is 0 Å². The average molecular weight is 339 g/mol. The smallest absolute Gasteiger partial charge is 0.307 e. The van der Waals surface area contributed by atoms with Gasteiger partial charge >= 0.3 is 5.97 Å². The van der Waals surface area contributed by atoms with Crippen LogP contribution < -0.4 is 4.90 Å². The number of anilines is 1. The second-order valence-electron chi connectivity index (χ2n) is 5.17. The van der Waals surface area contributed by atoms with Crippen molar-refractivity contribution in [3.05, 3.63) is 48.5 Å². The Hall–Kier alpha value is -3.29. The highest BCUT2D eigenvalue weighted by atomic mass is 16.5. The highest BCUT2D eigenvalue weighted by Crippen LogP contribution is 2.15. The van der Waals surface area contributed by atoms with E-state index in [2.05, 4.69) is 19.9 Å². The largest absolute Gasteiger partial charge is 0.466 e. The molecule has 8 nitrogen and oxygen atoms in total. The Morgan fingerprint density at radius 2 is 2.08 bits per heavy atom. The number of ether oxygens (including phenoxy) is 1. The van der Waals surface area contributed by atoms with E-state index in [0.717, 1.165) is 5.52 Å². The zero-order valence-electron chi connectivity index (χ0n) is 13.7. The summed E-state index contributed by atoms with van der Waals surface area (Å²) < 4.78 is 4.93. The standard InChI is InChI=1S/C17H17N5O3/c1-2-25-15(23)8-10-22(14-5-3-4-9-18-14)17(24)13-7-6-12-16(21-13)20-11-19-12/h3-7,9,11H,2,8,10H2,1H3,(H,19,20,21). The van der Waals surface area contributed by atoms with Crippen LogP contribution in [0.3, 0.4) is 0 Å². The van der Waals surface area contributed by atoms with Crippen LogP contribution >= 0.6 is 0 Å². The number of imidazole rings is 1. The summed E-state index contributed by atoms with van der Waals surface area (Å²) in [5.41, 5.74) is 1.43. The molecular weight excluding hydrogens is 322 g/mol. The lowest BCUT2D eigenvalue weighted by Crippen LogP contribution is -2.34. The number of H-pyrrole nitrogens is 1. The number of esters is 1. The molecule has 0 spiro atoms. The van der Waals surface area contributed by atoms with E-state index < -0.39 is 0 Å². The minimum Gasteiger partial charge on any atom is -0.466 e. The van der Waals surface area contributed by atoms with E-state index in [9.17, 15) is 9.59 Å². The molecule has 3 aromatic rings. The van der Waals surface area contributed by atoms with Crippen molar-refractivity contribution in [3.8, 4) is 0 Å². The van der Waals surface area contributed by atoms with Crippen LogP contribution in [0.4, 0.5) is 5.82 Å². The topological polar surface area (TPSA) is 101 Å². The second-order valence-corrected chi connectivity index (χ2v) is 5.17. The van der Waals surface area contributed by atoms with Gasteiger partial charge in [0.15, 0.2) is 5.65 Å². The maximum atomic E-state index is 12.9. The number of fused-ring (bicyclic) bond motifs is 1. The lowest BCUT2D eigenvalue weighted by molar-refractivity contribution is -0.142. The molecule has 0 atom stereocenters. The van der Waals surface area contributed by atoms with Gasteiger partial charge in [0.05, 0.1) is 24.9 Å². The number of aromatic amines is 1. The van der Waals surface area contributed by atoms with Crippen molar-refractivity contribution >= 4 is 28.9 Å². The maximum Gasteiger partial charge on any atom is 0.307 e. The molecule has 8 heteroatoms. The Morgan fingerprint density at radius 1 is 1.20 bits per heavy atom. The van der Waals surface area contributed by atoms with E-state index >= 15 is 0 Å². The van der Waals surface area contributed by atoms with Gasteiger partial charge in [-0.05, 0) is 31.2 Å². The van der Waals surface area contributed by atoms with Crippen LogP contribution in [0.2, 0.25) is 0 Å². The Bertz CT molecular complexity index is 878. The molecule has 128 valence electrons. The summed E-state index contributed by atoms with van der Waals surface area (Å²) >= 11 is 0. The fraction of sp³-hybridized carbons (Fsp3) is 0.235. The van der Waals surface area contributed by atoms with Crippen LogP contribution in [0.15, 0.2) is 42.9 Å². The zero-order chi connectivity index (χ0) is 17.6. The van der Waals surface area contributed by atoms with E-state index in [1.54, 1.807) is 43.5 Å². The molecule has 1 N–H and O–H groups in total. The number of pyridine rings is 2. The lowest BCUT2D eigenvalue weighted by atomic mass is 10.2. The first kappa shape index (κ1) is 16.6. The number of nitrogens with zero attached hydrogens (tertiary/aromatic N) is 4. The summed E-state index contributed by atoms with van der Waals surface area (Å²) in [7, 11) is 0. The highest BCUT2D eigenvalue weighted by Gasteiger charge is 2.21. The molecule has 0 saturated carbocycles. The lowest BCUT2D eigenvalue weighted by Gasteiger charge is -2.20. The van der Waals surface area contributed by atoms with Gasteiger partial charge in [-0.25, -0.2) is 15.0 Å². The molecule has 0 aliphatic carbocycles. The normalized spacial score (nSPS) is 10.6. The number of carbonyl (C=O) groups excluding carboxylic acids is 2. The van der Waals surface area contributed by atoms with Gasteiger partial charge in [0.25, 0.3) is 5.91 Å². The summed E-state index contributed by atoms with van der Waals surface area (Å²) in [6.07, 6.45) is 3.17. The van der Waals surface area contributed by atoms with Crippen LogP contribution in [0, 0.1) is 0 Å². The minimum atomic E-state index is -0.369. The second kappa shape index (κ2) is 7.52. The third-order valence-corrected chi connectivity index (χ3v) is 3.52. The molecule has 3 rings (SSSR count). The highest BCUT2D eigenvalue weighted by molar-refractivity contribution is 6.05. The van der Waals surface area contributed by atoms with Crippen molar-refractivity contribution in [1.29, 1.82) is 0 Å². The first-order valence-corrected chi connectivity index (χ1v) is 7.87. The Kier molecular flexibility index (Phi) is 4.98. The van der Waals surface area contributed by atoms with Gasteiger partial charge in [-0.15, -0.1) is 0 Å². The van der Waals surface area contributed by atoms with E-state index in [4.69, 9.17) is 4.74 Å². The summed E-state index contributed by atoms with van der Waals surface area (Å²) in [5, 5.41) is 0. The Labute approximate surface area is 143 Å². The quantitative estimate of drug-likeness (QED) is 0.689. The van der Waals surface area contributed by atoms with Gasteiger partial charge in [0.2, 0.25) is 0 Å². The van der Waals surface area contributed by atoms with Gasteiger partial charge in [-0.1, -0.05) is 6.07 Å². The molecule has 3 heterocycles. The van der Waals surface area contributed by atoms with Gasteiger partial charge in [-0.3, -0.25) is 14.5 Å². The molecule has 0 bridgehead atoms. The Morgan fingerprint density at radius 3 is 2.84 bits per heavy atom. The number of carbonyl (C=O) groups is 2. The number of nitrogens with one attached hydrogen (secondary N) is 1. The van der Waals surface area contributed by atoms with Crippen LogP contribution in [0.1, 0.15) is 23.8 Å². The van der Waals surface area contributed by atoms with Crippen LogP contribution in [-0.2, 0) is 9.53 Å². The SMILES string of the molecule is CCOC(=O)CCN(C(=O)c1ccc2[nH]cnc2n1)c1ccccn1. The third kappa shape index (κ3) is 3.79.